The Kier molecular flexibility index (Phi) is 5.56. The van der Waals surface area contributed by atoms with Gasteiger partial charge in [0.1, 0.15) is 5.82 Å². The van der Waals surface area contributed by atoms with Gasteiger partial charge in [-0.2, -0.15) is 0 Å². The molecule has 0 saturated carbocycles. The Balaban J connectivity index is 2.10. The standard InChI is InChI=1S/C18H19ClFNO/c1-12(2)17(13-7-9-15(19)10-8-13)18(22)21-11-14-5-3-4-6-16(14)20/h3-10,12,17H,11H2,1-2H3,(H,21,22). The van der Waals surface area contributed by atoms with Gasteiger partial charge in [0.25, 0.3) is 0 Å². The number of hydrogen-bond donors (Lipinski definition) is 1. The first-order chi connectivity index (χ1) is 10.5. The molecule has 1 amide bonds. The van der Waals surface area contributed by atoms with E-state index in [1.54, 1.807) is 30.3 Å². The van der Waals surface area contributed by atoms with Crippen LogP contribution >= 0.6 is 11.6 Å². The van der Waals surface area contributed by atoms with E-state index in [1.807, 2.05) is 26.0 Å². The van der Waals surface area contributed by atoms with E-state index in [0.717, 1.165) is 5.56 Å². The largest absolute Gasteiger partial charge is 0.351 e. The molecule has 4 heteroatoms. The maximum atomic E-state index is 13.6. The molecule has 0 aliphatic heterocycles. The van der Waals surface area contributed by atoms with E-state index < -0.39 is 0 Å². The highest BCUT2D eigenvalue weighted by Gasteiger charge is 2.24. The number of amides is 1. The lowest BCUT2D eigenvalue weighted by atomic mass is 9.87. The van der Waals surface area contributed by atoms with Gasteiger partial charge in [0.2, 0.25) is 5.91 Å². The van der Waals surface area contributed by atoms with Crippen LogP contribution in [0.3, 0.4) is 0 Å². The summed E-state index contributed by atoms with van der Waals surface area (Å²) in [6.45, 7) is 4.16. The molecule has 2 nitrogen and oxygen atoms in total. The summed E-state index contributed by atoms with van der Waals surface area (Å²) in [5, 5.41) is 3.46. The van der Waals surface area contributed by atoms with Gasteiger partial charge in [0.15, 0.2) is 0 Å². The van der Waals surface area contributed by atoms with Crippen LogP contribution in [-0.4, -0.2) is 5.91 Å². The average Bonchev–Trinajstić information content (AvgIpc) is 2.48. The van der Waals surface area contributed by atoms with Crippen molar-refractivity contribution in [3.63, 3.8) is 0 Å². The fourth-order valence-corrected chi connectivity index (χ4v) is 2.57. The van der Waals surface area contributed by atoms with Crippen molar-refractivity contribution in [2.45, 2.75) is 26.3 Å². The quantitative estimate of drug-likeness (QED) is 0.861. The fourth-order valence-electron chi connectivity index (χ4n) is 2.44. The summed E-state index contributed by atoms with van der Waals surface area (Å²) in [6.07, 6.45) is 0. The van der Waals surface area contributed by atoms with Crippen LogP contribution in [0, 0.1) is 11.7 Å². The van der Waals surface area contributed by atoms with Crippen molar-refractivity contribution in [2.75, 3.05) is 0 Å². The van der Waals surface area contributed by atoms with Crippen molar-refractivity contribution in [2.24, 2.45) is 5.92 Å². The number of hydrogen-bond acceptors (Lipinski definition) is 1. The Morgan fingerprint density at radius 2 is 1.77 bits per heavy atom. The SMILES string of the molecule is CC(C)C(C(=O)NCc1ccccc1F)c1ccc(Cl)cc1. The molecule has 2 aromatic rings. The first kappa shape index (κ1) is 16.5. The summed E-state index contributed by atoms with van der Waals surface area (Å²) in [6, 6.07) is 13.7. The lowest BCUT2D eigenvalue weighted by molar-refractivity contribution is -0.123. The molecule has 2 rings (SSSR count). The van der Waals surface area contributed by atoms with Crippen molar-refractivity contribution in [1.29, 1.82) is 0 Å². The third-order valence-corrected chi connectivity index (χ3v) is 3.84. The van der Waals surface area contributed by atoms with Gasteiger partial charge in [-0.25, -0.2) is 4.39 Å². The van der Waals surface area contributed by atoms with Crippen LogP contribution in [-0.2, 0) is 11.3 Å². The van der Waals surface area contributed by atoms with Crippen molar-refractivity contribution in [3.8, 4) is 0 Å². The molecule has 0 heterocycles. The van der Waals surface area contributed by atoms with E-state index in [9.17, 15) is 9.18 Å². The third kappa shape index (κ3) is 4.08. The van der Waals surface area contributed by atoms with E-state index in [2.05, 4.69) is 5.32 Å². The van der Waals surface area contributed by atoms with E-state index in [4.69, 9.17) is 11.6 Å². The summed E-state index contributed by atoms with van der Waals surface area (Å²) < 4.78 is 13.6. The molecule has 0 spiro atoms. The minimum absolute atomic E-state index is 0.111. The Bertz CT molecular complexity index is 640. The molecule has 0 saturated heterocycles. The molecule has 1 unspecified atom stereocenters. The van der Waals surface area contributed by atoms with Crippen molar-refractivity contribution >= 4 is 17.5 Å². The highest BCUT2D eigenvalue weighted by molar-refractivity contribution is 6.30. The van der Waals surface area contributed by atoms with Gasteiger partial charge in [-0.1, -0.05) is 55.8 Å². The van der Waals surface area contributed by atoms with Crippen molar-refractivity contribution < 1.29 is 9.18 Å². The Labute approximate surface area is 135 Å². The lowest BCUT2D eigenvalue weighted by Gasteiger charge is -2.21. The highest BCUT2D eigenvalue weighted by atomic mass is 35.5. The zero-order valence-corrected chi connectivity index (χ0v) is 13.4. The zero-order valence-electron chi connectivity index (χ0n) is 12.6. The number of rotatable bonds is 5. The van der Waals surface area contributed by atoms with E-state index in [1.165, 1.54) is 6.07 Å². The molecule has 22 heavy (non-hydrogen) atoms. The molecular weight excluding hydrogens is 301 g/mol. The first-order valence-electron chi connectivity index (χ1n) is 7.25. The molecule has 0 aliphatic rings. The molecule has 0 fully saturated rings. The van der Waals surface area contributed by atoms with Crippen LogP contribution in [0.15, 0.2) is 48.5 Å². The van der Waals surface area contributed by atoms with Gasteiger partial charge in [-0.05, 0) is 29.7 Å². The zero-order chi connectivity index (χ0) is 16.1. The van der Waals surface area contributed by atoms with Gasteiger partial charge in [-0.3, -0.25) is 4.79 Å². The fraction of sp³-hybridized carbons (Fsp3) is 0.278. The van der Waals surface area contributed by atoms with Gasteiger partial charge < -0.3 is 5.32 Å². The molecule has 0 aliphatic carbocycles. The number of carbonyl (C=O) groups excluding carboxylic acids is 1. The lowest BCUT2D eigenvalue weighted by Crippen LogP contribution is -2.31. The molecule has 0 bridgehead atoms. The smallest absolute Gasteiger partial charge is 0.228 e. The number of nitrogens with one attached hydrogen (secondary N) is 1. The van der Waals surface area contributed by atoms with Crippen LogP contribution in [0.2, 0.25) is 5.02 Å². The second kappa shape index (κ2) is 7.41. The predicted octanol–water partition coefficient (Wildman–Crippen LogP) is 4.54. The molecule has 1 atom stereocenters. The molecule has 116 valence electrons. The molecule has 1 N–H and O–H groups in total. The van der Waals surface area contributed by atoms with Crippen LogP contribution in [0.25, 0.3) is 0 Å². The molecule has 2 aromatic carbocycles. The average molecular weight is 320 g/mol. The van der Waals surface area contributed by atoms with Crippen LogP contribution in [0.1, 0.15) is 30.9 Å². The monoisotopic (exact) mass is 319 g/mol. The normalized spacial score (nSPS) is 12.2. The first-order valence-corrected chi connectivity index (χ1v) is 7.63. The summed E-state index contributed by atoms with van der Waals surface area (Å²) >= 11 is 5.89. The maximum absolute atomic E-state index is 13.6. The van der Waals surface area contributed by atoms with Crippen LogP contribution in [0.5, 0.6) is 0 Å². The highest BCUT2D eigenvalue weighted by Crippen LogP contribution is 2.26. The number of benzene rings is 2. The second-order valence-electron chi connectivity index (χ2n) is 5.58. The summed E-state index contributed by atoms with van der Waals surface area (Å²) in [5.41, 5.74) is 1.39. The summed E-state index contributed by atoms with van der Waals surface area (Å²) in [4.78, 5) is 12.5. The minimum Gasteiger partial charge on any atom is -0.351 e. The van der Waals surface area contributed by atoms with E-state index >= 15 is 0 Å². The Morgan fingerprint density at radius 1 is 1.14 bits per heavy atom. The Hall–Kier alpha value is -1.87. The van der Waals surface area contributed by atoms with E-state index in [0.29, 0.717) is 10.6 Å². The maximum Gasteiger partial charge on any atom is 0.228 e. The molecular formula is C18H19ClFNO. The van der Waals surface area contributed by atoms with Crippen LogP contribution < -0.4 is 5.32 Å². The second-order valence-corrected chi connectivity index (χ2v) is 6.02. The van der Waals surface area contributed by atoms with Gasteiger partial charge in [-0.15, -0.1) is 0 Å². The topological polar surface area (TPSA) is 29.1 Å². The third-order valence-electron chi connectivity index (χ3n) is 3.59. The van der Waals surface area contributed by atoms with E-state index in [-0.39, 0.29) is 30.1 Å². The predicted molar refractivity (Wildman–Crippen MR) is 87.3 cm³/mol. The molecule has 0 radical (unpaired) electrons. The van der Waals surface area contributed by atoms with Gasteiger partial charge in [0, 0.05) is 17.1 Å². The number of carbonyl (C=O) groups is 1. The minimum atomic E-state index is -0.310. The van der Waals surface area contributed by atoms with Gasteiger partial charge in [0.05, 0.1) is 5.92 Å². The number of halogens is 2. The summed E-state index contributed by atoms with van der Waals surface area (Å²) in [5.74, 6) is -0.582. The van der Waals surface area contributed by atoms with Gasteiger partial charge >= 0.3 is 0 Å². The summed E-state index contributed by atoms with van der Waals surface area (Å²) in [7, 11) is 0. The van der Waals surface area contributed by atoms with Crippen molar-refractivity contribution in [3.05, 3.63) is 70.5 Å². The van der Waals surface area contributed by atoms with Crippen molar-refractivity contribution in [1.82, 2.24) is 5.32 Å². The molecule has 0 aromatic heterocycles. The van der Waals surface area contributed by atoms with Crippen LogP contribution in [0.4, 0.5) is 4.39 Å². The Morgan fingerprint density at radius 3 is 2.36 bits per heavy atom.